The second kappa shape index (κ2) is 10.3. The molecule has 1 heterocycles. The number of esters is 1. The van der Waals surface area contributed by atoms with Gasteiger partial charge in [0, 0.05) is 12.7 Å². The number of unbranched alkanes of at least 4 members (excludes halogenated alkanes) is 4. The fraction of sp³-hybridized carbons (Fsp3) is 0.591. The Hall–Kier alpha value is -1.86. The smallest absolute Gasteiger partial charge is 0.432 e. The van der Waals surface area contributed by atoms with Crippen LogP contribution in [0.2, 0.25) is 0 Å². The molecule has 0 aliphatic carbocycles. The van der Waals surface area contributed by atoms with Crippen LogP contribution in [-0.4, -0.2) is 37.6 Å². The summed E-state index contributed by atoms with van der Waals surface area (Å²) in [7, 11) is 0.858. The first-order chi connectivity index (χ1) is 13.8. The highest BCUT2D eigenvalue weighted by atomic mass is 19.4. The minimum Gasteiger partial charge on any atom is -0.453 e. The van der Waals surface area contributed by atoms with Gasteiger partial charge >= 0.3 is 12.1 Å². The van der Waals surface area contributed by atoms with E-state index in [4.69, 9.17) is 14.2 Å². The van der Waals surface area contributed by atoms with E-state index in [-0.39, 0.29) is 11.7 Å². The van der Waals surface area contributed by atoms with Crippen LogP contribution in [0.5, 0.6) is 0 Å². The van der Waals surface area contributed by atoms with Gasteiger partial charge in [-0.05, 0) is 25.8 Å². The van der Waals surface area contributed by atoms with Crippen molar-refractivity contribution in [2.45, 2.75) is 76.0 Å². The number of rotatable bonds is 11. The Morgan fingerprint density at radius 3 is 2.38 bits per heavy atom. The van der Waals surface area contributed by atoms with E-state index < -0.39 is 30.0 Å². The van der Waals surface area contributed by atoms with Crippen molar-refractivity contribution in [1.82, 2.24) is 0 Å². The van der Waals surface area contributed by atoms with Crippen molar-refractivity contribution in [3.05, 3.63) is 48.0 Å². The van der Waals surface area contributed by atoms with Gasteiger partial charge in [-0.3, -0.25) is 0 Å². The molecule has 1 aliphatic rings. The largest absolute Gasteiger partial charge is 0.453 e. The second-order valence-electron chi connectivity index (χ2n) is 7.20. The monoisotopic (exact) mass is 414 g/mol. The first-order valence-electron chi connectivity index (χ1n) is 9.98. The quantitative estimate of drug-likeness (QED) is 0.213. The molecule has 0 radical (unpaired) electrons. The lowest BCUT2D eigenvalue weighted by Gasteiger charge is -2.33. The molecule has 4 nitrogen and oxygen atoms in total. The third-order valence-electron chi connectivity index (χ3n) is 5.05. The van der Waals surface area contributed by atoms with E-state index in [0.29, 0.717) is 0 Å². The van der Waals surface area contributed by atoms with Gasteiger partial charge in [0.1, 0.15) is 12.2 Å². The van der Waals surface area contributed by atoms with Crippen molar-refractivity contribution in [3.63, 3.8) is 0 Å². The zero-order valence-electron chi connectivity index (χ0n) is 17.1. The molecule has 0 saturated carbocycles. The van der Waals surface area contributed by atoms with Gasteiger partial charge in [-0.2, -0.15) is 13.2 Å². The highest BCUT2D eigenvalue weighted by Gasteiger charge is 2.64. The molecular weight excluding hydrogens is 385 g/mol. The van der Waals surface area contributed by atoms with Crippen LogP contribution >= 0.6 is 0 Å². The van der Waals surface area contributed by atoms with Crippen LogP contribution in [0.25, 0.3) is 0 Å². The molecule has 1 fully saturated rings. The molecule has 4 atom stereocenters. The predicted octanol–water partition coefficient (Wildman–Crippen LogP) is 5.32. The highest BCUT2D eigenvalue weighted by Crippen LogP contribution is 2.43. The number of epoxide rings is 1. The molecule has 1 aliphatic heterocycles. The first kappa shape index (κ1) is 23.4. The van der Waals surface area contributed by atoms with Gasteiger partial charge in [0.15, 0.2) is 0 Å². The van der Waals surface area contributed by atoms with E-state index >= 15 is 0 Å². The van der Waals surface area contributed by atoms with Crippen LogP contribution in [0, 0.1) is 0 Å². The summed E-state index contributed by atoms with van der Waals surface area (Å²) in [5.74, 6) is -1.50. The molecule has 7 heteroatoms. The van der Waals surface area contributed by atoms with E-state index in [1.54, 1.807) is 19.1 Å². The van der Waals surface area contributed by atoms with Crippen LogP contribution in [0.3, 0.4) is 0 Å². The molecule has 0 amide bonds. The molecule has 0 N–H and O–H groups in total. The molecular formula is C22H29F3O4. The van der Waals surface area contributed by atoms with Gasteiger partial charge in [0.2, 0.25) is 0 Å². The van der Waals surface area contributed by atoms with Crippen LogP contribution < -0.4 is 0 Å². The Balaban J connectivity index is 2.19. The minimum atomic E-state index is -5.00. The van der Waals surface area contributed by atoms with Crippen LogP contribution in [-0.2, 0) is 24.6 Å². The minimum absolute atomic E-state index is 0.183. The Labute approximate surface area is 170 Å². The average molecular weight is 414 g/mol. The van der Waals surface area contributed by atoms with Crippen molar-refractivity contribution < 1.29 is 32.2 Å². The van der Waals surface area contributed by atoms with E-state index in [9.17, 15) is 18.0 Å². The van der Waals surface area contributed by atoms with E-state index in [1.807, 2.05) is 6.08 Å². The van der Waals surface area contributed by atoms with Gasteiger partial charge in [-0.25, -0.2) is 4.79 Å². The number of hydrogen-bond donors (Lipinski definition) is 0. The summed E-state index contributed by atoms with van der Waals surface area (Å²) in [5.41, 5.74) is -3.52. The third-order valence-corrected chi connectivity index (χ3v) is 5.05. The molecule has 0 aromatic heterocycles. The maximum atomic E-state index is 14.0. The molecule has 162 valence electrons. The molecule has 0 unspecified atom stereocenters. The molecule has 0 spiro atoms. The van der Waals surface area contributed by atoms with Crippen molar-refractivity contribution in [2.75, 3.05) is 7.11 Å². The summed E-state index contributed by atoms with van der Waals surface area (Å²) in [6.07, 6.45) is 2.00. The summed E-state index contributed by atoms with van der Waals surface area (Å²) in [6, 6.07) is 6.80. The lowest BCUT2D eigenvalue weighted by atomic mass is 9.92. The third kappa shape index (κ3) is 5.60. The molecule has 1 aromatic rings. The Bertz CT molecular complexity index is 674. The first-order valence-corrected chi connectivity index (χ1v) is 9.98. The number of halogens is 3. The fourth-order valence-electron chi connectivity index (χ4n) is 3.28. The van der Waals surface area contributed by atoms with Crippen molar-refractivity contribution in [1.29, 1.82) is 0 Å². The number of allylic oxidation sites excluding steroid dienone is 1. The van der Waals surface area contributed by atoms with Crippen molar-refractivity contribution >= 4 is 5.97 Å². The molecule has 2 rings (SSSR count). The van der Waals surface area contributed by atoms with Gasteiger partial charge in [0.25, 0.3) is 5.60 Å². The lowest BCUT2D eigenvalue weighted by Crippen LogP contribution is -2.52. The number of ether oxygens (including phenoxy) is 3. The van der Waals surface area contributed by atoms with Crippen molar-refractivity contribution in [2.24, 2.45) is 0 Å². The highest BCUT2D eigenvalue weighted by molar-refractivity contribution is 5.83. The normalized spacial score (nSPS) is 22.3. The summed E-state index contributed by atoms with van der Waals surface area (Å²) in [6.45, 7) is 3.90. The van der Waals surface area contributed by atoms with Gasteiger partial charge in [-0.1, -0.05) is 62.6 Å². The average Bonchev–Trinajstić information content (AvgIpc) is 3.41. The lowest BCUT2D eigenvalue weighted by molar-refractivity contribution is -0.277. The standard InChI is InChI=1S/C22H29F3O4/c1-4-5-6-7-8-12-15-18(19-16(2)28-19)29-20(26)21(27-3,22(23,24)25)17-13-10-9-11-14-17/h9-16,18-19H,4-8H2,1-3H3/b15-12-/t16-,18-,19-,21-/m1/s1. The maximum absolute atomic E-state index is 14.0. The molecule has 1 saturated heterocycles. The Morgan fingerprint density at radius 1 is 1.21 bits per heavy atom. The summed E-state index contributed by atoms with van der Waals surface area (Å²) >= 11 is 0. The number of alkyl halides is 3. The van der Waals surface area contributed by atoms with Crippen LogP contribution in [0.4, 0.5) is 13.2 Å². The second-order valence-corrected chi connectivity index (χ2v) is 7.20. The van der Waals surface area contributed by atoms with E-state index in [2.05, 4.69) is 6.92 Å². The molecule has 0 bridgehead atoms. The van der Waals surface area contributed by atoms with E-state index in [1.165, 1.54) is 24.3 Å². The zero-order valence-corrected chi connectivity index (χ0v) is 17.1. The fourth-order valence-corrected chi connectivity index (χ4v) is 3.28. The van der Waals surface area contributed by atoms with Crippen molar-refractivity contribution in [3.8, 4) is 0 Å². The van der Waals surface area contributed by atoms with Crippen LogP contribution in [0.15, 0.2) is 42.5 Å². The zero-order chi connectivity index (χ0) is 21.5. The number of carbonyl (C=O) groups excluding carboxylic acids is 1. The topological polar surface area (TPSA) is 48.1 Å². The summed E-state index contributed by atoms with van der Waals surface area (Å²) in [5, 5.41) is 0. The van der Waals surface area contributed by atoms with Gasteiger partial charge in [0.05, 0.1) is 6.10 Å². The van der Waals surface area contributed by atoms with E-state index in [0.717, 1.165) is 39.2 Å². The predicted molar refractivity (Wildman–Crippen MR) is 103 cm³/mol. The molecule has 29 heavy (non-hydrogen) atoms. The van der Waals surface area contributed by atoms with Gasteiger partial charge in [-0.15, -0.1) is 0 Å². The Morgan fingerprint density at radius 2 is 1.86 bits per heavy atom. The number of carbonyl (C=O) groups is 1. The number of methoxy groups -OCH3 is 1. The number of hydrogen-bond acceptors (Lipinski definition) is 4. The summed E-state index contributed by atoms with van der Waals surface area (Å²) in [4.78, 5) is 12.8. The maximum Gasteiger partial charge on any atom is 0.432 e. The summed E-state index contributed by atoms with van der Waals surface area (Å²) < 4.78 is 57.5. The van der Waals surface area contributed by atoms with Gasteiger partial charge < -0.3 is 14.2 Å². The Kier molecular flexibility index (Phi) is 8.28. The number of benzene rings is 1. The van der Waals surface area contributed by atoms with Crippen LogP contribution in [0.1, 0.15) is 51.5 Å². The SMILES string of the molecule is CCCCCC/C=C\[C@@H](OC(=O)[C@](OC)(c1ccccc1)C(F)(F)F)[C@@H]1O[C@@H]1C. The molecule has 1 aromatic carbocycles.